The summed E-state index contributed by atoms with van der Waals surface area (Å²) in [7, 11) is 0.931. The number of nitrogens with one attached hydrogen (secondary N) is 1. The Hall–Kier alpha value is -0.900. The Bertz CT molecular complexity index is 669. The molecule has 0 aromatic heterocycles. The first-order valence-corrected chi connectivity index (χ1v) is 9.47. The molecule has 7 nitrogen and oxygen atoms in total. The van der Waals surface area contributed by atoms with Gasteiger partial charge in [0, 0.05) is 33.7 Å². The van der Waals surface area contributed by atoms with E-state index in [1.54, 1.807) is 7.11 Å². The van der Waals surface area contributed by atoms with Gasteiger partial charge in [-0.25, -0.2) is 0 Å². The normalized spacial score (nSPS) is 22.8. The molecule has 0 radical (unpaired) electrons. The minimum absolute atomic E-state index is 0.393. The molecule has 136 valence electrons. The summed E-state index contributed by atoms with van der Waals surface area (Å²) in [6.45, 7) is 1.71. The fraction of sp³-hybridized carbons (Fsp3) is 0.600. The van der Waals surface area contributed by atoms with E-state index in [1.165, 1.54) is 14.1 Å². The van der Waals surface area contributed by atoms with Gasteiger partial charge < -0.3 is 9.84 Å². The lowest BCUT2D eigenvalue weighted by molar-refractivity contribution is 0.0441. The lowest BCUT2D eigenvalue weighted by Crippen LogP contribution is -2.55. The average molecular weight is 378 g/mol. The SMILES string of the molecule is COc1ccc(CN2CC[C@H](NS(=O)(=O)N(C)C)[C@@H](O)C2)cc1Cl. The van der Waals surface area contributed by atoms with Gasteiger partial charge in [-0.05, 0) is 24.1 Å². The van der Waals surface area contributed by atoms with E-state index in [0.29, 0.717) is 36.8 Å². The van der Waals surface area contributed by atoms with Gasteiger partial charge in [-0.15, -0.1) is 0 Å². The van der Waals surface area contributed by atoms with Gasteiger partial charge in [0.15, 0.2) is 0 Å². The maximum absolute atomic E-state index is 11.9. The van der Waals surface area contributed by atoms with Crippen molar-refractivity contribution < 1.29 is 18.3 Å². The fourth-order valence-corrected chi connectivity index (χ4v) is 3.79. The number of hydrogen-bond acceptors (Lipinski definition) is 5. The molecule has 2 rings (SSSR count). The summed E-state index contributed by atoms with van der Waals surface area (Å²) in [4.78, 5) is 2.07. The highest BCUT2D eigenvalue weighted by Gasteiger charge is 2.31. The number of halogens is 1. The predicted octanol–water partition coefficient (Wildman–Crippen LogP) is 0.680. The summed E-state index contributed by atoms with van der Waals surface area (Å²) in [6.07, 6.45) is -0.222. The maximum atomic E-state index is 11.9. The van der Waals surface area contributed by atoms with Crippen molar-refractivity contribution in [3.8, 4) is 5.75 Å². The lowest BCUT2D eigenvalue weighted by Gasteiger charge is -2.36. The Morgan fingerprint density at radius 2 is 2.17 bits per heavy atom. The number of rotatable bonds is 6. The van der Waals surface area contributed by atoms with Crippen molar-refractivity contribution in [2.75, 3.05) is 34.3 Å². The predicted molar refractivity (Wildman–Crippen MR) is 93.4 cm³/mol. The van der Waals surface area contributed by atoms with E-state index in [0.717, 1.165) is 9.87 Å². The Morgan fingerprint density at radius 1 is 1.46 bits per heavy atom. The van der Waals surface area contributed by atoms with Crippen molar-refractivity contribution in [2.45, 2.75) is 25.1 Å². The number of β-amino-alcohol motifs (C(OH)–C–C–N with tert-alkyl or cyclic N) is 1. The van der Waals surface area contributed by atoms with Crippen LogP contribution in [0.4, 0.5) is 0 Å². The van der Waals surface area contributed by atoms with Gasteiger partial charge in [0.25, 0.3) is 10.2 Å². The molecule has 2 atom stereocenters. The van der Waals surface area contributed by atoms with Crippen LogP contribution in [-0.4, -0.2) is 69.2 Å². The molecular formula is C15H24ClN3O4S. The van der Waals surface area contributed by atoms with Crippen LogP contribution in [0.5, 0.6) is 5.75 Å². The first kappa shape index (κ1) is 19.4. The Labute approximate surface area is 148 Å². The second-order valence-corrected chi connectivity index (χ2v) is 8.40. The minimum atomic E-state index is -3.55. The van der Waals surface area contributed by atoms with Gasteiger partial charge in [0.05, 0.1) is 24.3 Å². The first-order chi connectivity index (χ1) is 11.2. The number of aliphatic hydroxyl groups excluding tert-OH is 1. The molecule has 9 heteroatoms. The molecule has 1 aliphatic heterocycles. The second-order valence-electron chi connectivity index (χ2n) is 6.07. The van der Waals surface area contributed by atoms with Gasteiger partial charge in [0.2, 0.25) is 0 Å². The minimum Gasteiger partial charge on any atom is -0.495 e. The fourth-order valence-electron chi connectivity index (χ4n) is 2.64. The zero-order valence-corrected chi connectivity index (χ0v) is 15.6. The highest BCUT2D eigenvalue weighted by atomic mass is 35.5. The molecule has 0 amide bonds. The second kappa shape index (κ2) is 7.99. The highest BCUT2D eigenvalue weighted by Crippen LogP contribution is 2.26. The molecule has 2 N–H and O–H groups in total. The summed E-state index contributed by atoms with van der Waals surface area (Å²) in [5, 5.41) is 10.8. The molecule has 1 aliphatic rings. The third kappa shape index (κ3) is 4.81. The van der Waals surface area contributed by atoms with Crippen LogP contribution in [0, 0.1) is 0 Å². The molecule has 1 fully saturated rings. The summed E-state index contributed by atoms with van der Waals surface area (Å²) >= 11 is 6.13. The number of aliphatic hydroxyl groups is 1. The number of likely N-dealkylation sites (tertiary alicyclic amines) is 1. The van der Waals surface area contributed by atoms with Crippen LogP contribution in [0.3, 0.4) is 0 Å². The zero-order valence-electron chi connectivity index (χ0n) is 14.1. The Morgan fingerprint density at radius 3 is 2.71 bits per heavy atom. The summed E-state index contributed by atoms with van der Waals surface area (Å²) in [6, 6.07) is 5.10. The van der Waals surface area contributed by atoms with E-state index in [2.05, 4.69) is 9.62 Å². The largest absolute Gasteiger partial charge is 0.495 e. The number of benzene rings is 1. The number of piperidine rings is 1. The van der Waals surface area contributed by atoms with Crippen LogP contribution in [0.2, 0.25) is 5.02 Å². The van der Waals surface area contributed by atoms with Crippen LogP contribution < -0.4 is 9.46 Å². The first-order valence-electron chi connectivity index (χ1n) is 7.65. The van der Waals surface area contributed by atoms with Crippen molar-refractivity contribution in [3.63, 3.8) is 0 Å². The monoisotopic (exact) mass is 377 g/mol. The number of nitrogens with zero attached hydrogens (tertiary/aromatic N) is 2. The third-order valence-corrected chi connectivity index (χ3v) is 5.93. The summed E-state index contributed by atoms with van der Waals surface area (Å²) in [5.41, 5.74) is 1.01. The number of methoxy groups -OCH3 is 1. The van der Waals surface area contributed by atoms with E-state index in [1.807, 2.05) is 18.2 Å². The van der Waals surface area contributed by atoms with Gasteiger partial charge in [-0.2, -0.15) is 17.4 Å². The van der Waals surface area contributed by atoms with Gasteiger partial charge in [-0.1, -0.05) is 17.7 Å². The van der Waals surface area contributed by atoms with Gasteiger partial charge in [-0.3, -0.25) is 4.90 Å². The molecule has 0 spiro atoms. The van der Waals surface area contributed by atoms with Crippen molar-refractivity contribution in [1.29, 1.82) is 0 Å². The molecule has 1 aromatic rings. The van der Waals surface area contributed by atoms with Crippen LogP contribution in [-0.2, 0) is 16.8 Å². The van der Waals surface area contributed by atoms with Crippen LogP contribution in [0.1, 0.15) is 12.0 Å². The van der Waals surface area contributed by atoms with Crippen molar-refractivity contribution in [1.82, 2.24) is 13.9 Å². The zero-order chi connectivity index (χ0) is 17.9. The van der Waals surface area contributed by atoms with Crippen molar-refractivity contribution in [2.24, 2.45) is 0 Å². The van der Waals surface area contributed by atoms with Crippen LogP contribution >= 0.6 is 11.6 Å². The number of ether oxygens (including phenoxy) is 1. The lowest BCUT2D eigenvalue weighted by atomic mass is 10.0. The van der Waals surface area contributed by atoms with Crippen LogP contribution in [0.15, 0.2) is 18.2 Å². The standard InChI is InChI=1S/C15H24ClN3O4S/c1-18(2)24(21,22)17-13-6-7-19(10-14(13)20)9-11-4-5-15(23-3)12(16)8-11/h4-5,8,13-14,17,20H,6-7,9-10H2,1-3H3/t13-,14-/m0/s1. The smallest absolute Gasteiger partial charge is 0.279 e. The van der Waals surface area contributed by atoms with E-state index in [9.17, 15) is 13.5 Å². The van der Waals surface area contributed by atoms with Crippen molar-refractivity contribution in [3.05, 3.63) is 28.8 Å². The van der Waals surface area contributed by atoms with E-state index >= 15 is 0 Å². The molecule has 0 aliphatic carbocycles. The molecule has 1 aromatic carbocycles. The molecule has 1 heterocycles. The topological polar surface area (TPSA) is 82.1 Å². The Balaban J connectivity index is 1.95. The highest BCUT2D eigenvalue weighted by molar-refractivity contribution is 7.87. The molecule has 1 saturated heterocycles. The number of hydrogen-bond donors (Lipinski definition) is 2. The quantitative estimate of drug-likeness (QED) is 0.761. The average Bonchev–Trinajstić information content (AvgIpc) is 2.50. The summed E-state index contributed by atoms with van der Waals surface area (Å²) < 4.78 is 32.5. The molecule has 0 saturated carbocycles. The maximum Gasteiger partial charge on any atom is 0.279 e. The van der Waals surface area contributed by atoms with E-state index in [-0.39, 0.29) is 0 Å². The van der Waals surface area contributed by atoms with Crippen LogP contribution in [0.25, 0.3) is 0 Å². The molecule has 0 unspecified atom stereocenters. The summed E-state index contributed by atoms with van der Waals surface area (Å²) in [5.74, 6) is 0.622. The van der Waals surface area contributed by atoms with Gasteiger partial charge >= 0.3 is 0 Å². The molecular weight excluding hydrogens is 354 g/mol. The molecule has 24 heavy (non-hydrogen) atoms. The third-order valence-electron chi connectivity index (χ3n) is 4.07. The Kier molecular flexibility index (Phi) is 6.46. The molecule has 0 bridgehead atoms. The van der Waals surface area contributed by atoms with Crippen molar-refractivity contribution >= 4 is 21.8 Å². The van der Waals surface area contributed by atoms with E-state index in [4.69, 9.17) is 16.3 Å². The van der Waals surface area contributed by atoms with Gasteiger partial charge in [0.1, 0.15) is 5.75 Å². The van der Waals surface area contributed by atoms with E-state index < -0.39 is 22.4 Å².